The first-order valence-electron chi connectivity index (χ1n) is 7.10. The van der Waals surface area contributed by atoms with Gasteiger partial charge < -0.3 is 10.6 Å². The largest absolute Gasteiger partial charge is 0.416 e. The molecule has 0 saturated heterocycles. The molecule has 24 heavy (non-hydrogen) atoms. The van der Waals surface area contributed by atoms with E-state index in [0.29, 0.717) is 11.5 Å². The second-order valence-electron chi connectivity index (χ2n) is 4.91. The van der Waals surface area contributed by atoms with Crippen LogP contribution in [0.15, 0.2) is 47.6 Å². The Bertz CT molecular complexity index is 696. The number of benzene rings is 1. The Balaban J connectivity index is 1.89. The molecule has 1 heterocycles. The quantitative estimate of drug-likeness (QED) is 0.511. The summed E-state index contributed by atoms with van der Waals surface area (Å²) >= 11 is 0. The summed E-state index contributed by atoms with van der Waals surface area (Å²) in [7, 11) is 1.54. The fourth-order valence-corrected chi connectivity index (χ4v) is 1.93. The van der Waals surface area contributed by atoms with Gasteiger partial charge in [-0.15, -0.1) is 0 Å². The van der Waals surface area contributed by atoms with Crippen molar-refractivity contribution in [3.8, 4) is 0 Å². The molecule has 2 N–H and O–H groups in total. The highest BCUT2D eigenvalue weighted by molar-refractivity contribution is 5.79. The summed E-state index contributed by atoms with van der Waals surface area (Å²) < 4.78 is 51.0. The molecule has 4 nitrogen and oxygen atoms in total. The van der Waals surface area contributed by atoms with Crippen LogP contribution in [-0.2, 0) is 19.3 Å². The molecule has 0 aliphatic rings. The number of aliphatic imine (C=N–C) groups is 1. The summed E-state index contributed by atoms with van der Waals surface area (Å²) in [6, 6.07) is 7.63. The van der Waals surface area contributed by atoms with E-state index in [-0.39, 0.29) is 18.8 Å². The zero-order valence-corrected chi connectivity index (χ0v) is 12.9. The summed E-state index contributed by atoms with van der Waals surface area (Å²) in [6.07, 6.45) is -2.87. The third-order valence-corrected chi connectivity index (χ3v) is 3.22. The maximum Gasteiger partial charge on any atom is 0.416 e. The fourth-order valence-electron chi connectivity index (χ4n) is 1.93. The molecule has 0 unspecified atom stereocenters. The van der Waals surface area contributed by atoms with Gasteiger partial charge in [0.15, 0.2) is 5.96 Å². The maximum absolute atomic E-state index is 13.5. The van der Waals surface area contributed by atoms with Crippen molar-refractivity contribution in [2.75, 3.05) is 7.05 Å². The Labute approximate surface area is 136 Å². The SMILES string of the molecule is CN=C(NCc1ccc(C(F)(F)F)cc1)NCc1ncccc1F. The predicted octanol–water partition coefficient (Wildman–Crippen LogP) is 3.10. The fraction of sp³-hybridized carbons (Fsp3) is 0.250. The zero-order chi connectivity index (χ0) is 17.6. The first-order chi connectivity index (χ1) is 11.4. The molecule has 8 heteroatoms. The lowest BCUT2D eigenvalue weighted by Crippen LogP contribution is -2.36. The number of pyridine rings is 1. The average Bonchev–Trinajstić information content (AvgIpc) is 2.56. The van der Waals surface area contributed by atoms with Crippen LogP contribution in [0.2, 0.25) is 0 Å². The van der Waals surface area contributed by atoms with Crippen molar-refractivity contribution in [3.63, 3.8) is 0 Å². The highest BCUT2D eigenvalue weighted by Gasteiger charge is 2.29. The summed E-state index contributed by atoms with van der Waals surface area (Å²) in [4.78, 5) is 7.88. The molecular weight excluding hydrogens is 324 g/mol. The van der Waals surface area contributed by atoms with Gasteiger partial charge in [0.2, 0.25) is 0 Å². The third kappa shape index (κ3) is 4.94. The topological polar surface area (TPSA) is 49.3 Å². The Kier molecular flexibility index (Phi) is 5.73. The molecule has 128 valence electrons. The molecule has 0 atom stereocenters. The minimum Gasteiger partial charge on any atom is -0.352 e. The van der Waals surface area contributed by atoms with Gasteiger partial charge in [0, 0.05) is 19.8 Å². The number of hydrogen-bond acceptors (Lipinski definition) is 2. The van der Waals surface area contributed by atoms with Crippen LogP contribution in [0.4, 0.5) is 17.6 Å². The van der Waals surface area contributed by atoms with E-state index < -0.39 is 17.6 Å². The number of rotatable bonds is 4. The van der Waals surface area contributed by atoms with Crippen molar-refractivity contribution >= 4 is 5.96 Å². The van der Waals surface area contributed by atoms with E-state index in [2.05, 4.69) is 20.6 Å². The molecule has 0 saturated carbocycles. The van der Waals surface area contributed by atoms with Crippen LogP contribution in [0.1, 0.15) is 16.8 Å². The van der Waals surface area contributed by atoms with Crippen molar-refractivity contribution in [3.05, 3.63) is 65.2 Å². The van der Waals surface area contributed by atoms with E-state index in [4.69, 9.17) is 0 Å². The molecule has 2 aromatic rings. The summed E-state index contributed by atoms with van der Waals surface area (Å²) in [5.41, 5.74) is 0.212. The molecule has 0 fully saturated rings. The highest BCUT2D eigenvalue weighted by Crippen LogP contribution is 2.28. The standard InChI is InChI=1S/C16H16F4N4/c1-21-15(24-10-14-13(17)3-2-8-22-14)23-9-11-4-6-12(7-5-11)16(18,19)20/h2-8H,9-10H2,1H3,(H2,21,23,24). The van der Waals surface area contributed by atoms with Crippen molar-refractivity contribution in [1.82, 2.24) is 15.6 Å². The Hall–Kier alpha value is -2.64. The summed E-state index contributed by atoms with van der Waals surface area (Å²) in [6.45, 7) is 0.419. The van der Waals surface area contributed by atoms with Crippen LogP contribution in [0, 0.1) is 5.82 Å². The lowest BCUT2D eigenvalue weighted by atomic mass is 10.1. The second kappa shape index (κ2) is 7.76. The van der Waals surface area contributed by atoms with Crippen molar-refractivity contribution < 1.29 is 17.6 Å². The van der Waals surface area contributed by atoms with Gasteiger partial charge in [-0.05, 0) is 29.8 Å². The number of nitrogens with one attached hydrogen (secondary N) is 2. The normalized spacial score (nSPS) is 12.1. The number of nitrogens with zero attached hydrogens (tertiary/aromatic N) is 2. The lowest BCUT2D eigenvalue weighted by molar-refractivity contribution is -0.137. The van der Waals surface area contributed by atoms with E-state index in [0.717, 1.165) is 12.1 Å². The molecule has 0 spiro atoms. The van der Waals surface area contributed by atoms with Crippen LogP contribution in [0.3, 0.4) is 0 Å². The first kappa shape index (κ1) is 17.7. The van der Waals surface area contributed by atoms with E-state index in [1.165, 1.54) is 37.5 Å². The van der Waals surface area contributed by atoms with Crippen molar-refractivity contribution in [1.29, 1.82) is 0 Å². The van der Waals surface area contributed by atoms with Crippen molar-refractivity contribution in [2.45, 2.75) is 19.3 Å². The van der Waals surface area contributed by atoms with Gasteiger partial charge in [0.25, 0.3) is 0 Å². The minimum atomic E-state index is -4.35. The molecule has 0 bridgehead atoms. The van der Waals surface area contributed by atoms with Gasteiger partial charge in [-0.1, -0.05) is 12.1 Å². The molecule has 0 aliphatic carbocycles. The second-order valence-corrected chi connectivity index (χ2v) is 4.91. The van der Waals surface area contributed by atoms with Gasteiger partial charge in [-0.2, -0.15) is 13.2 Å². The number of guanidine groups is 1. The van der Waals surface area contributed by atoms with Gasteiger partial charge in [0.1, 0.15) is 5.82 Å². The number of aromatic nitrogens is 1. The van der Waals surface area contributed by atoms with E-state index in [1.54, 1.807) is 0 Å². The van der Waals surface area contributed by atoms with E-state index in [1.807, 2.05) is 0 Å². The van der Waals surface area contributed by atoms with Crippen LogP contribution < -0.4 is 10.6 Å². The molecule has 0 radical (unpaired) electrons. The molecule has 1 aromatic heterocycles. The summed E-state index contributed by atoms with van der Waals surface area (Å²) in [5, 5.41) is 5.83. The van der Waals surface area contributed by atoms with E-state index >= 15 is 0 Å². The Morgan fingerprint density at radius 1 is 1.08 bits per heavy atom. The minimum absolute atomic E-state index is 0.138. The molecule has 0 amide bonds. The number of alkyl halides is 3. The smallest absolute Gasteiger partial charge is 0.352 e. The maximum atomic E-state index is 13.5. The third-order valence-electron chi connectivity index (χ3n) is 3.22. The Morgan fingerprint density at radius 3 is 2.33 bits per heavy atom. The molecular formula is C16H16F4N4. The van der Waals surface area contributed by atoms with Crippen LogP contribution in [0.5, 0.6) is 0 Å². The average molecular weight is 340 g/mol. The van der Waals surface area contributed by atoms with E-state index in [9.17, 15) is 17.6 Å². The highest BCUT2D eigenvalue weighted by atomic mass is 19.4. The van der Waals surface area contributed by atoms with Crippen molar-refractivity contribution in [2.24, 2.45) is 4.99 Å². The first-order valence-corrected chi connectivity index (χ1v) is 7.10. The molecule has 0 aliphatic heterocycles. The summed E-state index contributed by atoms with van der Waals surface area (Å²) in [5.74, 6) is -0.0388. The van der Waals surface area contributed by atoms with Gasteiger partial charge in [-0.25, -0.2) is 4.39 Å². The lowest BCUT2D eigenvalue weighted by Gasteiger charge is -2.12. The van der Waals surface area contributed by atoms with Gasteiger partial charge >= 0.3 is 6.18 Å². The molecule has 2 rings (SSSR count). The molecule has 1 aromatic carbocycles. The number of halogens is 4. The van der Waals surface area contributed by atoms with Crippen LogP contribution >= 0.6 is 0 Å². The number of hydrogen-bond donors (Lipinski definition) is 2. The van der Waals surface area contributed by atoms with Crippen LogP contribution in [-0.4, -0.2) is 18.0 Å². The zero-order valence-electron chi connectivity index (χ0n) is 12.9. The predicted molar refractivity (Wildman–Crippen MR) is 82.7 cm³/mol. The van der Waals surface area contributed by atoms with Crippen LogP contribution in [0.25, 0.3) is 0 Å². The Morgan fingerprint density at radius 2 is 1.75 bits per heavy atom. The van der Waals surface area contributed by atoms with Gasteiger partial charge in [0.05, 0.1) is 17.8 Å². The monoisotopic (exact) mass is 340 g/mol. The van der Waals surface area contributed by atoms with Gasteiger partial charge in [-0.3, -0.25) is 9.98 Å².